The van der Waals surface area contributed by atoms with Gasteiger partial charge in [-0.3, -0.25) is 0 Å². The second-order valence-corrected chi connectivity index (χ2v) is 6.54. The Morgan fingerprint density at radius 2 is 1.68 bits per heavy atom. The molecular weight excluding hydrogens is 274 g/mol. The quantitative estimate of drug-likeness (QED) is 0.890. The first-order valence-corrected chi connectivity index (χ1v) is 7.65. The van der Waals surface area contributed by atoms with Crippen molar-refractivity contribution in [2.75, 3.05) is 6.54 Å². The lowest BCUT2D eigenvalue weighted by Crippen LogP contribution is -2.32. The summed E-state index contributed by atoms with van der Waals surface area (Å²) in [5, 5.41) is 12.4. The van der Waals surface area contributed by atoms with Crippen LogP contribution in [-0.2, 0) is 19.4 Å². The molecule has 0 spiro atoms. The minimum Gasteiger partial charge on any atom is -0.478 e. The third-order valence-electron chi connectivity index (χ3n) is 4.43. The molecule has 3 nitrogen and oxygen atoms in total. The molecule has 0 fully saturated rings. The Bertz CT molecular complexity index is 651. The van der Waals surface area contributed by atoms with E-state index >= 15 is 0 Å². The molecule has 0 atom stereocenters. The standard InChI is InChI=1S/C19H21NO2/c1-19(10-16-4-2-3-5-17(16)11-19)13-20-12-14-6-8-15(9-7-14)18(21)22/h2-9,20H,10-13H2,1H3,(H,21,22). The number of fused-ring (bicyclic) bond motifs is 1. The van der Waals surface area contributed by atoms with Crippen molar-refractivity contribution < 1.29 is 9.90 Å². The van der Waals surface area contributed by atoms with Crippen LogP contribution in [0.5, 0.6) is 0 Å². The summed E-state index contributed by atoms with van der Waals surface area (Å²) in [6, 6.07) is 15.8. The first-order chi connectivity index (χ1) is 10.6. The maximum atomic E-state index is 10.8. The van der Waals surface area contributed by atoms with Crippen LogP contribution in [0, 0.1) is 5.41 Å². The lowest BCUT2D eigenvalue weighted by atomic mass is 9.87. The van der Waals surface area contributed by atoms with E-state index in [9.17, 15) is 4.79 Å². The van der Waals surface area contributed by atoms with Gasteiger partial charge in [0.25, 0.3) is 0 Å². The topological polar surface area (TPSA) is 49.3 Å². The predicted molar refractivity (Wildman–Crippen MR) is 87.1 cm³/mol. The third-order valence-corrected chi connectivity index (χ3v) is 4.43. The van der Waals surface area contributed by atoms with Crippen LogP contribution in [0.4, 0.5) is 0 Å². The Labute approximate surface area is 131 Å². The van der Waals surface area contributed by atoms with Crippen LogP contribution < -0.4 is 5.32 Å². The molecule has 0 saturated carbocycles. The highest BCUT2D eigenvalue weighted by molar-refractivity contribution is 5.87. The fraction of sp³-hybridized carbons (Fsp3) is 0.316. The van der Waals surface area contributed by atoms with Gasteiger partial charge in [0.15, 0.2) is 0 Å². The molecule has 0 aromatic heterocycles. The second kappa shape index (κ2) is 5.93. The van der Waals surface area contributed by atoms with E-state index in [2.05, 4.69) is 36.5 Å². The molecule has 0 aliphatic heterocycles. The molecule has 0 radical (unpaired) electrons. The molecule has 1 aliphatic carbocycles. The smallest absolute Gasteiger partial charge is 0.335 e. The number of nitrogens with one attached hydrogen (secondary N) is 1. The van der Waals surface area contributed by atoms with Crippen molar-refractivity contribution in [2.24, 2.45) is 5.41 Å². The van der Waals surface area contributed by atoms with Gasteiger partial charge in [0.2, 0.25) is 0 Å². The van der Waals surface area contributed by atoms with E-state index in [0.717, 1.165) is 31.5 Å². The Kier molecular flexibility index (Phi) is 3.99. The van der Waals surface area contributed by atoms with Crippen molar-refractivity contribution in [2.45, 2.75) is 26.3 Å². The summed E-state index contributed by atoms with van der Waals surface area (Å²) in [4.78, 5) is 10.8. The van der Waals surface area contributed by atoms with Gasteiger partial charge in [-0.2, -0.15) is 0 Å². The summed E-state index contributed by atoms with van der Waals surface area (Å²) in [5.41, 5.74) is 4.66. The molecule has 0 saturated heterocycles. The Hall–Kier alpha value is -2.13. The van der Waals surface area contributed by atoms with Gasteiger partial charge in [0, 0.05) is 13.1 Å². The molecule has 22 heavy (non-hydrogen) atoms. The predicted octanol–water partition coefficient (Wildman–Crippen LogP) is 3.28. The van der Waals surface area contributed by atoms with Crippen LogP contribution in [-0.4, -0.2) is 17.6 Å². The average Bonchev–Trinajstić information content (AvgIpc) is 2.84. The van der Waals surface area contributed by atoms with E-state index < -0.39 is 5.97 Å². The number of benzene rings is 2. The third kappa shape index (κ3) is 3.20. The SMILES string of the molecule is CC1(CNCc2ccc(C(=O)O)cc2)Cc2ccccc2C1. The zero-order chi connectivity index (χ0) is 15.6. The van der Waals surface area contributed by atoms with E-state index in [1.807, 2.05) is 12.1 Å². The molecule has 0 amide bonds. The van der Waals surface area contributed by atoms with Crippen LogP contribution >= 0.6 is 0 Å². The Morgan fingerprint density at radius 1 is 1.09 bits per heavy atom. The molecule has 1 aliphatic rings. The fourth-order valence-corrected chi connectivity index (χ4v) is 3.28. The van der Waals surface area contributed by atoms with Crippen molar-refractivity contribution in [3.05, 3.63) is 70.8 Å². The number of hydrogen-bond acceptors (Lipinski definition) is 2. The maximum Gasteiger partial charge on any atom is 0.335 e. The maximum absolute atomic E-state index is 10.8. The molecule has 3 heteroatoms. The second-order valence-electron chi connectivity index (χ2n) is 6.54. The number of carboxylic acids is 1. The summed E-state index contributed by atoms with van der Waals surface area (Å²) in [6.07, 6.45) is 2.24. The van der Waals surface area contributed by atoms with Crippen LogP contribution in [0.3, 0.4) is 0 Å². The Morgan fingerprint density at radius 3 is 2.23 bits per heavy atom. The lowest BCUT2D eigenvalue weighted by Gasteiger charge is -2.24. The molecule has 0 bridgehead atoms. The van der Waals surface area contributed by atoms with Gasteiger partial charge in [-0.1, -0.05) is 43.3 Å². The summed E-state index contributed by atoms with van der Waals surface area (Å²) in [5.74, 6) is -0.879. The normalized spacial score (nSPS) is 15.5. The minimum atomic E-state index is -0.879. The summed E-state index contributed by atoms with van der Waals surface area (Å²) in [7, 11) is 0. The molecule has 3 rings (SSSR count). The highest BCUT2D eigenvalue weighted by Crippen LogP contribution is 2.35. The molecule has 0 unspecified atom stereocenters. The lowest BCUT2D eigenvalue weighted by molar-refractivity contribution is 0.0697. The largest absolute Gasteiger partial charge is 0.478 e. The van der Waals surface area contributed by atoms with Crippen LogP contribution in [0.2, 0.25) is 0 Å². The highest BCUT2D eigenvalue weighted by atomic mass is 16.4. The van der Waals surface area contributed by atoms with Crippen molar-refractivity contribution in [1.82, 2.24) is 5.32 Å². The van der Waals surface area contributed by atoms with E-state index in [4.69, 9.17) is 5.11 Å². The first-order valence-electron chi connectivity index (χ1n) is 7.65. The van der Waals surface area contributed by atoms with Gasteiger partial charge < -0.3 is 10.4 Å². The molecular formula is C19H21NO2. The van der Waals surface area contributed by atoms with Gasteiger partial charge >= 0.3 is 5.97 Å². The molecule has 114 valence electrons. The van der Waals surface area contributed by atoms with Gasteiger partial charge in [0.1, 0.15) is 0 Å². The van der Waals surface area contributed by atoms with Gasteiger partial charge in [-0.15, -0.1) is 0 Å². The van der Waals surface area contributed by atoms with Crippen molar-refractivity contribution in [1.29, 1.82) is 0 Å². The number of rotatable bonds is 5. The van der Waals surface area contributed by atoms with Gasteiger partial charge in [0.05, 0.1) is 5.56 Å². The van der Waals surface area contributed by atoms with E-state index in [1.165, 1.54) is 11.1 Å². The van der Waals surface area contributed by atoms with Crippen LogP contribution in [0.25, 0.3) is 0 Å². The fourth-order valence-electron chi connectivity index (χ4n) is 3.28. The molecule has 2 aromatic carbocycles. The Balaban J connectivity index is 1.54. The summed E-state index contributed by atoms with van der Waals surface area (Å²) < 4.78 is 0. The molecule has 2 aromatic rings. The van der Waals surface area contributed by atoms with Crippen LogP contribution in [0.1, 0.15) is 34.0 Å². The minimum absolute atomic E-state index is 0.269. The molecule has 0 heterocycles. The highest BCUT2D eigenvalue weighted by Gasteiger charge is 2.31. The van der Waals surface area contributed by atoms with Crippen molar-refractivity contribution in [3.8, 4) is 0 Å². The average molecular weight is 295 g/mol. The summed E-state index contributed by atoms with van der Waals surface area (Å²) >= 11 is 0. The van der Waals surface area contributed by atoms with Crippen molar-refractivity contribution >= 4 is 5.97 Å². The van der Waals surface area contributed by atoms with E-state index in [-0.39, 0.29) is 5.41 Å². The van der Waals surface area contributed by atoms with E-state index in [0.29, 0.717) is 5.56 Å². The van der Waals surface area contributed by atoms with Gasteiger partial charge in [-0.25, -0.2) is 4.79 Å². The van der Waals surface area contributed by atoms with Crippen molar-refractivity contribution in [3.63, 3.8) is 0 Å². The number of carbonyl (C=O) groups is 1. The van der Waals surface area contributed by atoms with Crippen LogP contribution in [0.15, 0.2) is 48.5 Å². The monoisotopic (exact) mass is 295 g/mol. The first kappa shape index (κ1) is 14.8. The molecule has 2 N–H and O–H groups in total. The number of carboxylic acid groups (broad SMARTS) is 1. The van der Waals surface area contributed by atoms with E-state index in [1.54, 1.807) is 12.1 Å². The summed E-state index contributed by atoms with van der Waals surface area (Å²) in [6.45, 7) is 4.06. The zero-order valence-electron chi connectivity index (χ0n) is 12.8. The zero-order valence-corrected chi connectivity index (χ0v) is 12.8. The number of hydrogen-bond donors (Lipinski definition) is 2. The van der Waals surface area contributed by atoms with Gasteiger partial charge in [-0.05, 0) is 47.1 Å². The number of aromatic carboxylic acids is 1.